The summed E-state index contributed by atoms with van der Waals surface area (Å²) in [4.78, 5) is 21.3. The van der Waals surface area contributed by atoms with Crippen molar-refractivity contribution in [2.75, 3.05) is 19.7 Å². The number of H-pyrrole nitrogens is 1. The van der Waals surface area contributed by atoms with Crippen LogP contribution in [0.25, 0.3) is 22.4 Å². The van der Waals surface area contributed by atoms with Crippen LogP contribution in [0.2, 0.25) is 10.0 Å². The van der Waals surface area contributed by atoms with Crippen LogP contribution in [0.15, 0.2) is 60.7 Å². The van der Waals surface area contributed by atoms with Crippen LogP contribution >= 0.6 is 23.2 Å². The molecule has 5 rings (SSSR count). The number of piperidine rings is 1. The van der Waals surface area contributed by atoms with Gasteiger partial charge in [0.05, 0.1) is 27.7 Å². The van der Waals surface area contributed by atoms with Crippen LogP contribution in [0.3, 0.4) is 0 Å². The van der Waals surface area contributed by atoms with Gasteiger partial charge in [0.2, 0.25) is 0 Å². The number of imidazole rings is 1. The number of nitrogens with one attached hydrogen (secondary N) is 1. The van der Waals surface area contributed by atoms with E-state index in [2.05, 4.69) is 14.9 Å². The number of amides is 1. The van der Waals surface area contributed by atoms with Gasteiger partial charge in [-0.05, 0) is 92.4 Å². The number of benzene rings is 3. The van der Waals surface area contributed by atoms with Gasteiger partial charge in [0.1, 0.15) is 17.3 Å². The topological polar surface area (TPSA) is 93.5 Å². The Morgan fingerprint density at radius 3 is 2.49 bits per heavy atom. The Kier molecular flexibility index (Phi) is 7.84. The Morgan fingerprint density at radius 1 is 1.00 bits per heavy atom. The second-order valence-electron chi connectivity index (χ2n) is 9.31. The van der Waals surface area contributed by atoms with Crippen LogP contribution in [0.1, 0.15) is 24.8 Å². The van der Waals surface area contributed by atoms with Crippen molar-refractivity contribution in [1.82, 2.24) is 14.9 Å². The maximum Gasteiger partial charge on any atom is 0.409 e. The van der Waals surface area contributed by atoms with Gasteiger partial charge < -0.3 is 20.2 Å². The average Bonchev–Trinajstić information content (AvgIpc) is 3.31. The van der Waals surface area contributed by atoms with Gasteiger partial charge in [0, 0.05) is 18.2 Å². The molecule has 1 fully saturated rings. The largest absolute Gasteiger partial charge is 0.494 e. The number of primary amides is 1. The maximum absolute atomic E-state index is 11.0. The smallest absolute Gasteiger partial charge is 0.409 e. The quantitative estimate of drug-likeness (QED) is 0.261. The fraction of sp³-hybridized carbons (Fsp3) is 0.286. The van der Waals surface area contributed by atoms with E-state index in [9.17, 15) is 4.79 Å². The molecule has 7 nitrogen and oxygen atoms in total. The number of halogens is 2. The van der Waals surface area contributed by atoms with Crippen LogP contribution < -0.4 is 15.2 Å². The molecule has 1 amide bonds. The Labute approximate surface area is 225 Å². The monoisotopic (exact) mass is 538 g/mol. The molecule has 2 heterocycles. The Morgan fingerprint density at radius 2 is 1.76 bits per heavy atom. The zero-order chi connectivity index (χ0) is 25.8. The van der Waals surface area contributed by atoms with Crippen LogP contribution in [-0.2, 0) is 6.54 Å². The molecule has 1 aliphatic rings. The second kappa shape index (κ2) is 11.4. The Hall–Kier alpha value is -3.26. The standard InChI is InChI=1S/C28H28Cl2N4O3/c29-23-7-1-19(15-24(23)30)17-34-12-9-18(10-13-34)11-14-36-21-4-2-20(3-5-21)27-32-25-8-6-22(37-28(31)35)16-26(25)33-27/h1-8,15-16,18H,9-14,17H2,(H2,31,35)(H,32,33). The first-order valence-corrected chi connectivity index (χ1v) is 13.0. The van der Waals surface area contributed by atoms with Gasteiger partial charge >= 0.3 is 6.09 Å². The number of rotatable bonds is 8. The van der Waals surface area contributed by atoms with E-state index in [0.717, 1.165) is 48.7 Å². The van der Waals surface area contributed by atoms with Crippen molar-refractivity contribution in [3.05, 3.63) is 76.3 Å². The van der Waals surface area contributed by atoms with Gasteiger partial charge in [-0.25, -0.2) is 9.78 Å². The fourth-order valence-corrected chi connectivity index (χ4v) is 5.00. The van der Waals surface area contributed by atoms with Crippen LogP contribution in [0.4, 0.5) is 4.79 Å². The molecule has 0 unspecified atom stereocenters. The van der Waals surface area contributed by atoms with Gasteiger partial charge in [-0.1, -0.05) is 29.3 Å². The second-order valence-corrected chi connectivity index (χ2v) is 10.1. The van der Waals surface area contributed by atoms with E-state index >= 15 is 0 Å². The summed E-state index contributed by atoms with van der Waals surface area (Å²) in [5.41, 5.74) is 8.76. The third-order valence-corrected chi connectivity index (χ3v) is 7.43. The van der Waals surface area contributed by atoms with Crippen LogP contribution in [-0.4, -0.2) is 40.7 Å². The number of likely N-dealkylation sites (tertiary alicyclic amines) is 1. The predicted molar refractivity (Wildman–Crippen MR) is 146 cm³/mol. The van der Waals surface area contributed by atoms with Gasteiger partial charge in [0.15, 0.2) is 0 Å². The molecule has 192 valence electrons. The van der Waals surface area contributed by atoms with Crippen molar-refractivity contribution in [2.24, 2.45) is 11.7 Å². The molecule has 3 N–H and O–H groups in total. The van der Waals surface area contributed by atoms with E-state index in [0.29, 0.717) is 33.8 Å². The van der Waals surface area contributed by atoms with Gasteiger partial charge in [-0.2, -0.15) is 0 Å². The molecule has 0 bridgehead atoms. The van der Waals surface area contributed by atoms with Crippen LogP contribution in [0.5, 0.6) is 11.5 Å². The summed E-state index contributed by atoms with van der Waals surface area (Å²) in [5, 5.41) is 1.21. The van der Waals surface area contributed by atoms with Crippen LogP contribution in [0, 0.1) is 5.92 Å². The molecule has 4 aromatic rings. The molecule has 3 aromatic carbocycles. The number of carbonyl (C=O) groups excluding carboxylic acids is 1. The molecular weight excluding hydrogens is 511 g/mol. The van der Waals surface area contributed by atoms with Gasteiger partial charge in [-0.3, -0.25) is 4.90 Å². The molecular formula is C28H28Cl2N4O3. The number of aromatic amines is 1. The number of nitrogens with two attached hydrogens (primary N) is 1. The third-order valence-electron chi connectivity index (χ3n) is 6.69. The summed E-state index contributed by atoms with van der Waals surface area (Å²) in [6.45, 7) is 3.75. The maximum atomic E-state index is 11.0. The van der Waals surface area contributed by atoms with Crippen molar-refractivity contribution in [2.45, 2.75) is 25.8 Å². The highest BCUT2D eigenvalue weighted by Gasteiger charge is 2.19. The van der Waals surface area contributed by atoms with Gasteiger partial charge in [-0.15, -0.1) is 0 Å². The summed E-state index contributed by atoms with van der Waals surface area (Å²) < 4.78 is 11.0. The molecule has 9 heteroatoms. The first kappa shape index (κ1) is 25.4. The molecule has 0 radical (unpaired) electrons. The normalized spacial score (nSPS) is 14.6. The number of nitrogens with zero attached hydrogens (tertiary/aromatic N) is 2. The number of fused-ring (bicyclic) bond motifs is 1. The Bertz CT molecular complexity index is 1380. The Balaban J connectivity index is 1.08. The SMILES string of the molecule is NC(=O)Oc1ccc2[nH]c(-c3ccc(OCCC4CCN(Cc5ccc(Cl)c(Cl)c5)CC4)cc3)nc2c1. The van der Waals surface area contributed by atoms with E-state index in [1.807, 2.05) is 42.5 Å². The van der Waals surface area contributed by atoms with E-state index < -0.39 is 6.09 Å². The highest BCUT2D eigenvalue weighted by Crippen LogP contribution is 2.27. The number of aromatic nitrogens is 2. The summed E-state index contributed by atoms with van der Waals surface area (Å²) in [5.74, 6) is 2.60. The summed E-state index contributed by atoms with van der Waals surface area (Å²) in [6.07, 6.45) is 2.53. The van der Waals surface area contributed by atoms with Crippen molar-refractivity contribution < 1.29 is 14.3 Å². The molecule has 1 saturated heterocycles. The van der Waals surface area contributed by atoms with Crippen molar-refractivity contribution in [3.63, 3.8) is 0 Å². The first-order valence-electron chi connectivity index (χ1n) is 12.3. The minimum atomic E-state index is -0.851. The highest BCUT2D eigenvalue weighted by molar-refractivity contribution is 6.42. The number of carbonyl (C=O) groups is 1. The summed E-state index contributed by atoms with van der Waals surface area (Å²) >= 11 is 12.2. The van der Waals surface area contributed by atoms with Crippen molar-refractivity contribution in [1.29, 1.82) is 0 Å². The molecule has 0 aliphatic carbocycles. The molecule has 0 saturated carbocycles. The molecule has 1 aliphatic heterocycles. The lowest BCUT2D eigenvalue weighted by Crippen LogP contribution is -2.33. The predicted octanol–water partition coefficient (Wildman–Crippen LogP) is 6.68. The summed E-state index contributed by atoms with van der Waals surface area (Å²) in [7, 11) is 0. The lowest BCUT2D eigenvalue weighted by Gasteiger charge is -2.32. The van der Waals surface area contributed by atoms with E-state index in [1.54, 1.807) is 18.2 Å². The minimum Gasteiger partial charge on any atom is -0.494 e. The molecule has 37 heavy (non-hydrogen) atoms. The molecule has 1 aromatic heterocycles. The fourth-order valence-electron chi connectivity index (χ4n) is 4.68. The average molecular weight is 539 g/mol. The van der Waals surface area contributed by atoms with Crippen molar-refractivity contribution >= 4 is 40.3 Å². The minimum absolute atomic E-state index is 0.360. The number of ether oxygens (including phenoxy) is 2. The number of hydrogen-bond donors (Lipinski definition) is 2. The van der Waals surface area contributed by atoms with E-state index in [1.165, 1.54) is 18.4 Å². The first-order chi connectivity index (χ1) is 17.9. The lowest BCUT2D eigenvalue weighted by atomic mass is 9.93. The van der Waals surface area contributed by atoms with E-state index in [4.69, 9.17) is 38.4 Å². The summed E-state index contributed by atoms with van der Waals surface area (Å²) in [6, 6.07) is 18.9. The van der Waals surface area contributed by atoms with Crippen molar-refractivity contribution in [3.8, 4) is 22.9 Å². The highest BCUT2D eigenvalue weighted by atomic mass is 35.5. The number of hydrogen-bond acceptors (Lipinski definition) is 5. The zero-order valence-electron chi connectivity index (χ0n) is 20.3. The molecule has 0 atom stereocenters. The zero-order valence-corrected chi connectivity index (χ0v) is 21.8. The van der Waals surface area contributed by atoms with Gasteiger partial charge in [0.25, 0.3) is 0 Å². The lowest BCUT2D eigenvalue weighted by molar-refractivity contribution is 0.157. The van der Waals surface area contributed by atoms with E-state index in [-0.39, 0.29) is 0 Å². The third kappa shape index (κ3) is 6.55. The molecule has 0 spiro atoms.